The first-order valence-electron chi connectivity index (χ1n) is 15.7. The van der Waals surface area contributed by atoms with E-state index in [1.165, 1.54) is 108 Å². The van der Waals surface area contributed by atoms with E-state index < -0.39 is 0 Å². The third kappa shape index (κ3) is 3.05. The summed E-state index contributed by atoms with van der Waals surface area (Å²) in [5.41, 5.74) is 5.03. The minimum Gasteiger partial charge on any atom is -0.0622 e. The summed E-state index contributed by atoms with van der Waals surface area (Å²) in [6.45, 7) is 0. The molecule has 46 heavy (non-hydrogen) atoms. The minimum absolute atomic E-state index is 1.14. The van der Waals surface area contributed by atoms with Crippen LogP contribution in [0.25, 0.3) is 108 Å². The lowest BCUT2D eigenvalue weighted by Crippen LogP contribution is -1.98. The molecule has 11 aromatic rings. The molecule has 0 spiro atoms. The van der Waals surface area contributed by atoms with Crippen LogP contribution < -0.4 is 0 Å². The molecule has 0 nitrogen and oxygen atoms in total. The second kappa shape index (κ2) is 8.94. The molecule has 0 heterocycles. The van der Waals surface area contributed by atoms with Gasteiger partial charge in [0.1, 0.15) is 0 Å². The van der Waals surface area contributed by atoms with E-state index in [9.17, 15) is 0 Å². The van der Waals surface area contributed by atoms with Gasteiger partial charge >= 0.3 is 0 Å². The van der Waals surface area contributed by atoms with Gasteiger partial charge in [0.15, 0.2) is 0 Å². The average molecular weight is 710 g/mol. The van der Waals surface area contributed by atoms with Crippen LogP contribution in [0, 0.1) is 0 Å². The first kappa shape index (κ1) is 25.4. The highest BCUT2D eigenvalue weighted by Crippen LogP contribution is 2.57. The third-order valence-corrected chi connectivity index (χ3v) is 11.7. The van der Waals surface area contributed by atoms with Crippen LogP contribution in [0.1, 0.15) is 0 Å². The van der Waals surface area contributed by atoms with Crippen molar-refractivity contribution < 1.29 is 0 Å². The van der Waals surface area contributed by atoms with Crippen LogP contribution in [0.4, 0.5) is 0 Å². The summed E-state index contributed by atoms with van der Waals surface area (Å²) in [6.07, 6.45) is 0. The van der Waals surface area contributed by atoms with Gasteiger partial charge in [0, 0.05) is 8.95 Å². The molecule has 0 atom stereocenters. The van der Waals surface area contributed by atoms with E-state index in [1.807, 2.05) is 0 Å². The van der Waals surface area contributed by atoms with Gasteiger partial charge in [0.05, 0.1) is 0 Å². The highest BCUT2D eigenvalue weighted by molar-refractivity contribution is 9.11. The zero-order chi connectivity index (χ0) is 30.3. The van der Waals surface area contributed by atoms with Crippen LogP contribution in [-0.4, -0.2) is 0 Å². The van der Waals surface area contributed by atoms with E-state index in [1.54, 1.807) is 0 Å². The minimum atomic E-state index is 1.14. The Morgan fingerprint density at radius 3 is 1.02 bits per heavy atom. The molecule has 0 bridgehead atoms. The average Bonchev–Trinajstić information content (AvgIpc) is 3.11. The lowest BCUT2D eigenvalue weighted by Gasteiger charge is -2.27. The van der Waals surface area contributed by atoms with Gasteiger partial charge < -0.3 is 0 Å². The monoisotopic (exact) mass is 708 g/mol. The predicted molar refractivity (Wildman–Crippen MR) is 206 cm³/mol. The number of rotatable bonds is 2. The fraction of sp³-hybridized carbons (Fsp3) is 0. The maximum atomic E-state index is 4.11. The molecule has 0 saturated carbocycles. The van der Waals surface area contributed by atoms with Crippen LogP contribution in [-0.2, 0) is 0 Å². The molecule has 2 heteroatoms. The lowest BCUT2D eigenvalue weighted by molar-refractivity contribution is 1.67. The van der Waals surface area contributed by atoms with Crippen molar-refractivity contribution in [3.63, 3.8) is 0 Å². The Labute approximate surface area is 281 Å². The Hall–Kier alpha value is -4.76. The second-order valence-electron chi connectivity index (χ2n) is 12.6. The van der Waals surface area contributed by atoms with Gasteiger partial charge in [0.25, 0.3) is 0 Å². The Morgan fingerprint density at radius 2 is 0.609 bits per heavy atom. The maximum Gasteiger partial charge on any atom is 0.0260 e. The number of hydrogen-bond acceptors (Lipinski definition) is 0. The molecule has 0 radical (unpaired) electrons. The van der Waals surface area contributed by atoms with E-state index >= 15 is 0 Å². The van der Waals surface area contributed by atoms with Gasteiger partial charge in [-0.15, -0.1) is 0 Å². The second-order valence-corrected chi connectivity index (χ2v) is 14.3. The van der Waals surface area contributed by atoms with E-state index in [0.29, 0.717) is 0 Å². The standard InChI is InChI=1S/C44H22Br2/c45-35-21-32-26-16-8-10-18-28(26)38-30(24-13-5-2-6-14-24)20-34-36(46)22-31-25-15-7-9-17-27(25)37-29(23-11-3-1-4-12-23)19-33(35)41-40(32)44(38)42(34)39(31)43(37)41/h1-22H. The summed E-state index contributed by atoms with van der Waals surface area (Å²) < 4.78 is 2.27. The van der Waals surface area contributed by atoms with Crippen molar-refractivity contribution in [2.45, 2.75) is 0 Å². The van der Waals surface area contributed by atoms with Crippen molar-refractivity contribution >= 4 is 118 Å². The molecule has 0 aromatic heterocycles. The maximum absolute atomic E-state index is 4.11. The smallest absolute Gasteiger partial charge is 0.0260 e. The summed E-state index contributed by atoms with van der Waals surface area (Å²) >= 11 is 8.23. The van der Waals surface area contributed by atoms with Crippen molar-refractivity contribution in [1.29, 1.82) is 0 Å². The molecule has 11 rings (SSSR count). The van der Waals surface area contributed by atoms with Gasteiger partial charge in [-0.25, -0.2) is 0 Å². The van der Waals surface area contributed by atoms with Crippen LogP contribution in [0.15, 0.2) is 142 Å². The largest absolute Gasteiger partial charge is 0.0622 e. The number of benzene rings is 11. The van der Waals surface area contributed by atoms with E-state index in [4.69, 9.17) is 0 Å². The summed E-state index contributed by atoms with van der Waals surface area (Å²) in [6, 6.07) is 49.5. The highest BCUT2D eigenvalue weighted by Gasteiger charge is 2.28. The zero-order valence-corrected chi connectivity index (χ0v) is 27.6. The fourth-order valence-electron chi connectivity index (χ4n) is 8.65. The highest BCUT2D eigenvalue weighted by atomic mass is 79.9. The molecule has 0 N–H and O–H groups in total. The normalized spacial score (nSPS) is 12.6. The molecular formula is C44H22Br2. The van der Waals surface area contributed by atoms with Gasteiger partial charge in [-0.2, -0.15) is 0 Å². The van der Waals surface area contributed by atoms with Crippen LogP contribution >= 0.6 is 31.9 Å². The molecule has 212 valence electrons. The first-order valence-corrected chi connectivity index (χ1v) is 17.2. The Balaban J connectivity index is 1.57. The van der Waals surface area contributed by atoms with Crippen molar-refractivity contribution in [2.24, 2.45) is 0 Å². The molecule has 11 aromatic carbocycles. The van der Waals surface area contributed by atoms with Crippen molar-refractivity contribution in [2.75, 3.05) is 0 Å². The number of fused-ring (bicyclic) bond motifs is 6. The molecule has 0 saturated heterocycles. The Kier molecular flexibility index (Phi) is 4.94. The van der Waals surface area contributed by atoms with Crippen LogP contribution in [0.5, 0.6) is 0 Å². The van der Waals surface area contributed by atoms with Crippen LogP contribution in [0.3, 0.4) is 0 Å². The number of hydrogen-bond donors (Lipinski definition) is 0. The van der Waals surface area contributed by atoms with E-state index in [2.05, 4.69) is 165 Å². The topological polar surface area (TPSA) is 0 Å². The summed E-state index contributed by atoms with van der Waals surface area (Å²) in [7, 11) is 0. The van der Waals surface area contributed by atoms with Gasteiger partial charge in [-0.1, -0.05) is 141 Å². The Morgan fingerprint density at radius 1 is 0.261 bits per heavy atom. The first-order chi connectivity index (χ1) is 22.7. The fourth-order valence-corrected chi connectivity index (χ4v) is 9.73. The number of halogens is 2. The van der Waals surface area contributed by atoms with Crippen LogP contribution in [0.2, 0.25) is 0 Å². The molecule has 0 amide bonds. The Bertz CT molecular complexity index is 2800. The van der Waals surface area contributed by atoms with Gasteiger partial charge in [0.2, 0.25) is 0 Å². The third-order valence-electron chi connectivity index (χ3n) is 10.4. The summed E-state index contributed by atoms with van der Waals surface area (Å²) in [4.78, 5) is 0. The SMILES string of the molecule is Brc1cc2c3ccccc3c3c(-c4ccccc4)cc4c(Br)cc5c6ccccc6c6c(-c7ccccc7)cc1c1c2c3c4c5c61. The van der Waals surface area contributed by atoms with Gasteiger partial charge in [-0.3, -0.25) is 0 Å². The zero-order valence-electron chi connectivity index (χ0n) is 24.5. The molecule has 0 fully saturated rings. The molecule has 0 aliphatic rings. The molecule has 0 aliphatic heterocycles. The molecular weight excluding hydrogens is 688 g/mol. The predicted octanol–water partition coefficient (Wildman–Crippen LogP) is 14.1. The van der Waals surface area contributed by atoms with Crippen molar-refractivity contribution in [1.82, 2.24) is 0 Å². The molecule has 0 unspecified atom stereocenters. The lowest BCUT2D eigenvalue weighted by atomic mass is 9.77. The van der Waals surface area contributed by atoms with E-state index in [0.717, 1.165) is 8.95 Å². The quantitative estimate of drug-likeness (QED) is 0.124. The van der Waals surface area contributed by atoms with Crippen molar-refractivity contribution in [3.8, 4) is 22.3 Å². The summed E-state index contributed by atoms with van der Waals surface area (Å²) in [5, 5.41) is 21.1. The summed E-state index contributed by atoms with van der Waals surface area (Å²) in [5.74, 6) is 0. The van der Waals surface area contributed by atoms with Gasteiger partial charge in [-0.05, 0) is 133 Å². The van der Waals surface area contributed by atoms with Crippen molar-refractivity contribution in [3.05, 3.63) is 142 Å². The molecule has 0 aliphatic carbocycles. The van der Waals surface area contributed by atoms with E-state index in [-0.39, 0.29) is 0 Å².